The second-order valence-corrected chi connectivity index (χ2v) is 4.11. The molecule has 1 aromatic heterocycles. The van der Waals surface area contributed by atoms with Crippen LogP contribution in [0.4, 0.5) is 13.2 Å². The Kier molecular flexibility index (Phi) is 2.98. The van der Waals surface area contributed by atoms with Crippen LogP contribution in [0.15, 0.2) is 29.0 Å². The van der Waals surface area contributed by atoms with Crippen LogP contribution < -0.4 is 5.73 Å². The molecule has 0 fully saturated rings. The predicted molar refractivity (Wildman–Crippen MR) is 56.7 cm³/mol. The summed E-state index contributed by atoms with van der Waals surface area (Å²) >= 11 is 1.39. The molecule has 0 saturated heterocycles. The van der Waals surface area contributed by atoms with E-state index in [1.165, 1.54) is 11.3 Å². The van der Waals surface area contributed by atoms with Crippen molar-refractivity contribution in [2.24, 2.45) is 5.73 Å². The second kappa shape index (κ2) is 4.27. The lowest BCUT2D eigenvalue weighted by Gasteiger charge is -2.12. The average molecular weight is 243 g/mol. The number of benzene rings is 1. The van der Waals surface area contributed by atoms with Crippen LogP contribution in [-0.2, 0) is 0 Å². The SMILES string of the molecule is N[C@@H](c1ccsc1)c1cc(F)cc(F)c1F. The van der Waals surface area contributed by atoms with E-state index in [1.54, 1.807) is 16.8 Å². The maximum absolute atomic E-state index is 13.4. The number of hydrogen-bond donors (Lipinski definition) is 1. The van der Waals surface area contributed by atoms with Crippen molar-refractivity contribution in [3.63, 3.8) is 0 Å². The molecule has 0 bridgehead atoms. The van der Waals surface area contributed by atoms with Crippen LogP contribution in [0.2, 0.25) is 0 Å². The molecule has 2 aromatic rings. The van der Waals surface area contributed by atoms with Crippen LogP contribution in [0.1, 0.15) is 17.2 Å². The Labute approximate surface area is 94.3 Å². The molecule has 0 aliphatic carbocycles. The summed E-state index contributed by atoms with van der Waals surface area (Å²) in [5, 5.41) is 3.48. The van der Waals surface area contributed by atoms with Crippen LogP contribution in [-0.4, -0.2) is 0 Å². The molecular formula is C11H8F3NS. The van der Waals surface area contributed by atoms with Gasteiger partial charge in [0.15, 0.2) is 11.6 Å². The van der Waals surface area contributed by atoms with Gasteiger partial charge in [-0.05, 0) is 28.5 Å². The zero-order valence-corrected chi connectivity index (χ0v) is 8.90. The molecule has 2 N–H and O–H groups in total. The van der Waals surface area contributed by atoms with Gasteiger partial charge in [-0.2, -0.15) is 11.3 Å². The lowest BCUT2D eigenvalue weighted by molar-refractivity contribution is 0.480. The molecule has 0 aliphatic rings. The molecule has 0 aliphatic heterocycles. The minimum atomic E-state index is -1.22. The van der Waals surface area contributed by atoms with Gasteiger partial charge in [-0.1, -0.05) is 0 Å². The first-order valence-corrected chi connectivity index (χ1v) is 5.46. The van der Waals surface area contributed by atoms with E-state index in [1.807, 2.05) is 0 Å². The van der Waals surface area contributed by atoms with Crippen molar-refractivity contribution in [1.82, 2.24) is 0 Å². The van der Waals surface area contributed by atoms with Gasteiger partial charge in [-0.3, -0.25) is 0 Å². The summed E-state index contributed by atoms with van der Waals surface area (Å²) in [5.74, 6) is -3.15. The first kappa shape index (κ1) is 11.2. The summed E-state index contributed by atoms with van der Waals surface area (Å²) in [5.41, 5.74) is 6.20. The summed E-state index contributed by atoms with van der Waals surface area (Å²) in [6.07, 6.45) is 0. The van der Waals surface area contributed by atoms with Gasteiger partial charge in [-0.15, -0.1) is 0 Å². The summed E-state index contributed by atoms with van der Waals surface area (Å²) in [4.78, 5) is 0. The van der Waals surface area contributed by atoms with E-state index in [-0.39, 0.29) is 5.56 Å². The lowest BCUT2D eigenvalue weighted by Crippen LogP contribution is -2.14. The van der Waals surface area contributed by atoms with Gasteiger partial charge in [0.2, 0.25) is 0 Å². The van der Waals surface area contributed by atoms with E-state index in [9.17, 15) is 13.2 Å². The standard InChI is InChI=1S/C11H8F3NS/c12-7-3-8(10(14)9(13)4-7)11(15)6-1-2-16-5-6/h1-5,11H,15H2/t11-/m0/s1. The molecule has 2 rings (SSSR count). The van der Waals surface area contributed by atoms with Gasteiger partial charge in [0.05, 0.1) is 6.04 Å². The summed E-state index contributed by atoms with van der Waals surface area (Å²) in [6, 6.07) is 2.26. The molecule has 0 amide bonds. The lowest BCUT2D eigenvalue weighted by atomic mass is 10.0. The quantitative estimate of drug-likeness (QED) is 0.805. The van der Waals surface area contributed by atoms with E-state index < -0.39 is 23.5 Å². The summed E-state index contributed by atoms with van der Waals surface area (Å²) in [6.45, 7) is 0. The van der Waals surface area contributed by atoms with Crippen LogP contribution >= 0.6 is 11.3 Å². The zero-order valence-electron chi connectivity index (χ0n) is 8.08. The van der Waals surface area contributed by atoms with Crippen molar-refractivity contribution in [2.75, 3.05) is 0 Å². The fourth-order valence-corrected chi connectivity index (χ4v) is 2.13. The van der Waals surface area contributed by atoms with Crippen molar-refractivity contribution < 1.29 is 13.2 Å². The maximum atomic E-state index is 13.4. The molecule has 1 aromatic carbocycles. The fourth-order valence-electron chi connectivity index (χ4n) is 1.43. The molecular weight excluding hydrogens is 235 g/mol. The van der Waals surface area contributed by atoms with Gasteiger partial charge in [0.25, 0.3) is 0 Å². The highest BCUT2D eigenvalue weighted by atomic mass is 32.1. The van der Waals surface area contributed by atoms with E-state index in [0.29, 0.717) is 11.6 Å². The molecule has 1 nitrogen and oxygen atoms in total. The zero-order chi connectivity index (χ0) is 11.7. The minimum Gasteiger partial charge on any atom is -0.320 e. The Balaban J connectivity index is 2.48. The number of nitrogens with two attached hydrogens (primary N) is 1. The second-order valence-electron chi connectivity index (χ2n) is 3.33. The Hall–Kier alpha value is -1.33. The van der Waals surface area contributed by atoms with Gasteiger partial charge in [0, 0.05) is 11.6 Å². The molecule has 16 heavy (non-hydrogen) atoms. The third-order valence-electron chi connectivity index (χ3n) is 2.26. The highest BCUT2D eigenvalue weighted by molar-refractivity contribution is 7.08. The predicted octanol–water partition coefficient (Wildman–Crippen LogP) is 3.21. The first-order valence-electron chi connectivity index (χ1n) is 4.51. The van der Waals surface area contributed by atoms with Gasteiger partial charge in [0.1, 0.15) is 5.82 Å². The van der Waals surface area contributed by atoms with Crippen molar-refractivity contribution in [1.29, 1.82) is 0 Å². The van der Waals surface area contributed by atoms with E-state index >= 15 is 0 Å². The smallest absolute Gasteiger partial charge is 0.164 e. The van der Waals surface area contributed by atoms with Crippen LogP contribution in [0.3, 0.4) is 0 Å². The molecule has 0 radical (unpaired) electrons. The number of halogens is 3. The average Bonchev–Trinajstić information content (AvgIpc) is 2.75. The van der Waals surface area contributed by atoms with Crippen LogP contribution in [0, 0.1) is 17.5 Å². The number of rotatable bonds is 2. The third-order valence-corrected chi connectivity index (χ3v) is 2.96. The van der Waals surface area contributed by atoms with Crippen molar-refractivity contribution in [3.05, 3.63) is 57.5 Å². The van der Waals surface area contributed by atoms with Gasteiger partial charge in [-0.25, -0.2) is 13.2 Å². The Morgan fingerprint density at radius 2 is 1.94 bits per heavy atom. The molecule has 1 atom stereocenters. The van der Waals surface area contributed by atoms with Crippen molar-refractivity contribution in [3.8, 4) is 0 Å². The molecule has 0 saturated carbocycles. The normalized spacial score (nSPS) is 12.8. The molecule has 84 valence electrons. The van der Waals surface area contributed by atoms with Gasteiger partial charge < -0.3 is 5.73 Å². The Bertz CT molecular complexity index is 496. The van der Waals surface area contributed by atoms with Crippen LogP contribution in [0.25, 0.3) is 0 Å². The van der Waals surface area contributed by atoms with Crippen molar-refractivity contribution >= 4 is 11.3 Å². The van der Waals surface area contributed by atoms with Gasteiger partial charge >= 0.3 is 0 Å². The third kappa shape index (κ3) is 1.96. The van der Waals surface area contributed by atoms with E-state index in [2.05, 4.69) is 0 Å². The molecule has 5 heteroatoms. The molecule has 1 heterocycles. The molecule has 0 spiro atoms. The highest BCUT2D eigenvalue weighted by Crippen LogP contribution is 2.26. The van der Waals surface area contributed by atoms with E-state index in [4.69, 9.17) is 5.73 Å². The van der Waals surface area contributed by atoms with Crippen molar-refractivity contribution in [2.45, 2.75) is 6.04 Å². The Morgan fingerprint density at radius 3 is 2.56 bits per heavy atom. The Morgan fingerprint density at radius 1 is 1.19 bits per heavy atom. The monoisotopic (exact) mass is 243 g/mol. The topological polar surface area (TPSA) is 26.0 Å². The highest BCUT2D eigenvalue weighted by Gasteiger charge is 2.18. The van der Waals surface area contributed by atoms with Crippen LogP contribution in [0.5, 0.6) is 0 Å². The number of hydrogen-bond acceptors (Lipinski definition) is 2. The van der Waals surface area contributed by atoms with E-state index in [0.717, 1.165) is 6.07 Å². The summed E-state index contributed by atoms with van der Waals surface area (Å²) in [7, 11) is 0. The first-order chi connectivity index (χ1) is 7.59. The summed E-state index contributed by atoms with van der Waals surface area (Å²) < 4.78 is 39.3. The maximum Gasteiger partial charge on any atom is 0.164 e. The minimum absolute atomic E-state index is 0.170. The number of thiophene rings is 1. The molecule has 0 unspecified atom stereocenters. The fraction of sp³-hybridized carbons (Fsp3) is 0.0909. The largest absolute Gasteiger partial charge is 0.320 e.